The quantitative estimate of drug-likeness (QED) is 0.131. The van der Waals surface area contributed by atoms with E-state index >= 15 is 0 Å². The molecular weight excluding hydrogens is 540 g/mol. The maximum absolute atomic E-state index is 10.9. The molecule has 0 unspecified atom stereocenters. The Bertz CT molecular complexity index is 1650. The molecule has 11 nitrogen and oxygen atoms in total. The molecular formula is C23H20N4O7S3. The van der Waals surface area contributed by atoms with Crippen molar-refractivity contribution in [1.29, 1.82) is 0 Å². The summed E-state index contributed by atoms with van der Waals surface area (Å²) in [4.78, 5) is 0.347. The third-order valence-corrected chi connectivity index (χ3v) is 6.19. The fraction of sp³-hybridized carbons (Fsp3) is 0.0435. The summed E-state index contributed by atoms with van der Waals surface area (Å²) in [6.45, 7) is 0. The lowest BCUT2D eigenvalue weighted by Crippen LogP contribution is -1.88. The molecule has 0 spiro atoms. The summed E-state index contributed by atoms with van der Waals surface area (Å²) in [5.74, 6) is -0.0173. The zero-order valence-electron chi connectivity index (χ0n) is 19.1. The molecule has 14 heteroatoms. The van der Waals surface area contributed by atoms with E-state index in [1.165, 1.54) is 12.1 Å². The van der Waals surface area contributed by atoms with Gasteiger partial charge >= 0.3 is 9.15 Å². The molecule has 0 saturated heterocycles. The zero-order chi connectivity index (χ0) is 27.1. The van der Waals surface area contributed by atoms with Crippen LogP contribution in [0.2, 0.25) is 0 Å². The molecule has 0 aliphatic rings. The maximum atomic E-state index is 10.9. The van der Waals surface area contributed by atoms with Gasteiger partial charge in [-0.25, -0.2) is 0 Å². The van der Waals surface area contributed by atoms with Gasteiger partial charge in [-0.3, -0.25) is 9.11 Å². The fourth-order valence-corrected chi connectivity index (χ4v) is 4.40. The van der Waals surface area contributed by atoms with Crippen molar-refractivity contribution in [3.05, 3.63) is 84.9 Å². The van der Waals surface area contributed by atoms with Gasteiger partial charge in [-0.2, -0.15) is 32.2 Å². The number of phenolic OH excluding ortho intramolecular Hbond substituents is 1. The van der Waals surface area contributed by atoms with Crippen LogP contribution in [0.3, 0.4) is 0 Å². The average molecular weight is 561 g/mol. The molecule has 4 rings (SSSR count). The summed E-state index contributed by atoms with van der Waals surface area (Å²) in [5, 5.41) is 28.5. The molecule has 3 N–H and O–H groups in total. The summed E-state index contributed by atoms with van der Waals surface area (Å²) >= 11 is 0. The Morgan fingerprint density at radius 2 is 1.22 bits per heavy atom. The molecule has 0 bridgehead atoms. The van der Waals surface area contributed by atoms with Crippen LogP contribution in [0.15, 0.2) is 110 Å². The summed E-state index contributed by atoms with van der Waals surface area (Å²) in [7, 11) is -7.51. The number of rotatable bonds is 6. The minimum Gasteiger partial charge on any atom is -0.505 e. The standard InChI is InChI=1S/C22H16N4O4S2.CH4O3S/c27-22-20-12-9-18(25-23-16-4-2-1-3-5-16)14-15(20)6-13-21(22)26-24-17-7-10-19(11-8-17)31-32(28,29)30;1-5(2,3)4/h1-14,27H,(H,28,29,30);1H3,(H,2,3,4). The highest BCUT2D eigenvalue weighted by atomic mass is 33.1. The normalized spacial score (nSPS) is 12.1. The number of hydrogen-bond acceptors (Lipinski definition) is 10. The molecule has 0 fully saturated rings. The zero-order valence-corrected chi connectivity index (χ0v) is 21.5. The first kappa shape index (κ1) is 27.9. The van der Waals surface area contributed by atoms with Crippen molar-refractivity contribution in [2.24, 2.45) is 20.5 Å². The third kappa shape index (κ3) is 9.70. The van der Waals surface area contributed by atoms with Gasteiger partial charge in [0, 0.05) is 21.1 Å². The Morgan fingerprint density at radius 1 is 0.676 bits per heavy atom. The van der Waals surface area contributed by atoms with Crippen molar-refractivity contribution in [2.45, 2.75) is 4.90 Å². The van der Waals surface area contributed by atoms with Gasteiger partial charge in [0.2, 0.25) is 0 Å². The Hall–Kier alpha value is -3.69. The molecule has 0 radical (unpaired) electrons. The maximum Gasteiger partial charge on any atom is 0.324 e. The lowest BCUT2D eigenvalue weighted by molar-refractivity contribution is 0.482. The molecule has 0 aliphatic heterocycles. The van der Waals surface area contributed by atoms with Crippen LogP contribution in [0.5, 0.6) is 5.75 Å². The van der Waals surface area contributed by atoms with Gasteiger partial charge in [0.05, 0.1) is 23.3 Å². The van der Waals surface area contributed by atoms with E-state index in [0.717, 1.165) is 11.1 Å². The second kappa shape index (κ2) is 12.0. The third-order valence-electron chi connectivity index (χ3n) is 4.30. The van der Waals surface area contributed by atoms with Crippen molar-refractivity contribution < 1.29 is 31.0 Å². The second-order valence-electron chi connectivity index (χ2n) is 7.31. The van der Waals surface area contributed by atoms with Crippen LogP contribution < -0.4 is 0 Å². The number of benzene rings is 4. The molecule has 0 aromatic heterocycles. The summed E-state index contributed by atoms with van der Waals surface area (Å²) in [6, 6.07) is 24.2. The monoisotopic (exact) mass is 560 g/mol. The van der Waals surface area contributed by atoms with Gasteiger partial charge < -0.3 is 5.11 Å². The highest BCUT2D eigenvalue weighted by molar-refractivity contribution is 8.69. The average Bonchev–Trinajstić information content (AvgIpc) is 2.82. The van der Waals surface area contributed by atoms with Gasteiger partial charge in [-0.05, 0) is 66.0 Å². The molecule has 0 aliphatic carbocycles. The number of phenols is 1. The highest BCUT2D eigenvalue weighted by Crippen LogP contribution is 2.37. The van der Waals surface area contributed by atoms with E-state index in [1.807, 2.05) is 36.4 Å². The van der Waals surface area contributed by atoms with Gasteiger partial charge in [0.15, 0.2) is 5.75 Å². The lowest BCUT2D eigenvalue weighted by atomic mass is 10.1. The predicted molar refractivity (Wildman–Crippen MR) is 142 cm³/mol. The lowest BCUT2D eigenvalue weighted by Gasteiger charge is -2.04. The predicted octanol–water partition coefficient (Wildman–Crippen LogP) is 6.78. The second-order valence-corrected chi connectivity index (χ2v) is 12.0. The molecule has 192 valence electrons. The summed E-state index contributed by atoms with van der Waals surface area (Å²) in [5.41, 5.74) is 2.14. The molecule has 0 amide bonds. The molecule has 4 aromatic carbocycles. The van der Waals surface area contributed by atoms with E-state index in [4.69, 9.17) is 9.11 Å². The number of fused-ring (bicyclic) bond motifs is 1. The Labute approximate surface area is 216 Å². The van der Waals surface area contributed by atoms with E-state index in [9.17, 15) is 21.9 Å². The molecule has 4 aromatic rings. The minimum atomic E-state index is -4.18. The van der Waals surface area contributed by atoms with Gasteiger partial charge in [0.1, 0.15) is 5.69 Å². The Kier molecular flexibility index (Phi) is 9.07. The fourth-order valence-electron chi connectivity index (χ4n) is 2.84. The molecule has 37 heavy (non-hydrogen) atoms. The van der Waals surface area contributed by atoms with E-state index in [0.29, 0.717) is 38.7 Å². The topological polar surface area (TPSA) is 178 Å². The van der Waals surface area contributed by atoms with Crippen molar-refractivity contribution in [2.75, 3.05) is 6.26 Å². The van der Waals surface area contributed by atoms with Crippen LogP contribution in [0, 0.1) is 0 Å². The van der Waals surface area contributed by atoms with E-state index in [-0.39, 0.29) is 11.4 Å². The number of nitrogens with zero attached hydrogens (tertiary/aromatic N) is 4. The number of hydrogen-bond donors (Lipinski definition) is 3. The van der Waals surface area contributed by atoms with Crippen LogP contribution in [0.1, 0.15) is 0 Å². The van der Waals surface area contributed by atoms with Crippen molar-refractivity contribution in [1.82, 2.24) is 0 Å². The van der Waals surface area contributed by atoms with Gasteiger partial charge in [-0.15, -0.1) is 5.11 Å². The number of aromatic hydroxyl groups is 1. The first-order valence-electron chi connectivity index (χ1n) is 10.2. The SMILES string of the molecule is CS(=O)(=O)O.O=S(=O)(O)Sc1ccc(N=Nc2ccc3cc(N=Nc4ccccc4)ccc3c2O)cc1. The molecule has 0 heterocycles. The Morgan fingerprint density at radius 3 is 1.84 bits per heavy atom. The van der Waals surface area contributed by atoms with Gasteiger partial charge in [0.25, 0.3) is 10.1 Å². The van der Waals surface area contributed by atoms with E-state index < -0.39 is 19.3 Å². The first-order chi connectivity index (χ1) is 17.4. The Balaban J connectivity index is 0.000000695. The summed E-state index contributed by atoms with van der Waals surface area (Å²) < 4.78 is 56.5. The van der Waals surface area contributed by atoms with Crippen molar-refractivity contribution in [3.63, 3.8) is 0 Å². The molecule has 0 atom stereocenters. The van der Waals surface area contributed by atoms with Crippen LogP contribution in [0.25, 0.3) is 10.8 Å². The van der Waals surface area contributed by atoms with Crippen LogP contribution in [-0.4, -0.2) is 37.3 Å². The largest absolute Gasteiger partial charge is 0.505 e. The van der Waals surface area contributed by atoms with Gasteiger partial charge in [-0.1, -0.05) is 24.3 Å². The van der Waals surface area contributed by atoms with Crippen LogP contribution in [-0.2, 0) is 19.3 Å². The first-order valence-corrected chi connectivity index (χ1v) is 14.8. The molecule has 0 saturated carbocycles. The van der Waals surface area contributed by atoms with E-state index in [1.54, 1.807) is 36.4 Å². The smallest absolute Gasteiger partial charge is 0.324 e. The number of azo groups is 2. The van der Waals surface area contributed by atoms with Crippen molar-refractivity contribution in [3.8, 4) is 5.75 Å². The van der Waals surface area contributed by atoms with Crippen molar-refractivity contribution >= 4 is 63.6 Å². The van der Waals surface area contributed by atoms with Crippen LogP contribution >= 0.6 is 10.8 Å². The minimum absolute atomic E-state index is 0.0173. The van der Waals surface area contributed by atoms with Crippen LogP contribution in [0.4, 0.5) is 22.7 Å². The highest BCUT2D eigenvalue weighted by Gasteiger charge is 2.09. The van der Waals surface area contributed by atoms with E-state index in [2.05, 4.69) is 20.5 Å². The summed E-state index contributed by atoms with van der Waals surface area (Å²) in [6.07, 6.45) is 0.715.